The summed E-state index contributed by atoms with van der Waals surface area (Å²) in [6.45, 7) is 4.49. The monoisotopic (exact) mass is 270 g/mol. The highest BCUT2D eigenvalue weighted by Gasteiger charge is 2.12. The predicted octanol–water partition coefficient (Wildman–Crippen LogP) is 2.14. The Morgan fingerprint density at radius 1 is 1.50 bits per heavy atom. The molecule has 0 spiro atoms. The Balaban J connectivity index is 2.78. The minimum atomic E-state index is -0.129. The number of ether oxygens (including phenoxy) is 1. The molecule has 4 nitrogen and oxygen atoms in total. The van der Waals surface area contributed by atoms with Gasteiger partial charge in [0, 0.05) is 23.2 Å². The van der Waals surface area contributed by atoms with Crippen molar-refractivity contribution in [3.05, 3.63) is 28.8 Å². The molecule has 0 aromatic heterocycles. The molecule has 1 amide bonds. The van der Waals surface area contributed by atoms with Gasteiger partial charge in [0.15, 0.2) is 6.61 Å². The third-order valence-corrected chi connectivity index (χ3v) is 2.84. The number of hydrogen-bond acceptors (Lipinski definition) is 3. The normalized spacial score (nSPS) is 12.0. The highest BCUT2D eigenvalue weighted by Crippen LogP contribution is 2.28. The molecule has 0 aliphatic heterocycles. The fraction of sp³-hybridized carbons (Fsp3) is 0.462. The van der Waals surface area contributed by atoms with Gasteiger partial charge < -0.3 is 15.4 Å². The van der Waals surface area contributed by atoms with E-state index in [-0.39, 0.29) is 18.6 Å². The van der Waals surface area contributed by atoms with E-state index in [1.54, 1.807) is 12.1 Å². The van der Waals surface area contributed by atoms with Gasteiger partial charge in [-0.3, -0.25) is 4.79 Å². The Morgan fingerprint density at radius 2 is 2.22 bits per heavy atom. The number of hydrogen-bond donors (Lipinski definition) is 2. The standard InChI is InChI=1S/C13H19ClN2O2/c1-4-16-13(17)8-18-12-6-5-10(14)7-11(12)9(2)15-3/h5-7,9,15H,4,8H2,1-3H3,(H,16,17). The van der Waals surface area contributed by atoms with Crippen molar-refractivity contribution in [2.45, 2.75) is 19.9 Å². The van der Waals surface area contributed by atoms with E-state index in [4.69, 9.17) is 16.3 Å². The van der Waals surface area contributed by atoms with Crippen LogP contribution in [0, 0.1) is 0 Å². The minimum absolute atomic E-state index is 0.0128. The molecule has 1 rings (SSSR count). The van der Waals surface area contributed by atoms with Crippen LogP contribution in [0.2, 0.25) is 5.02 Å². The van der Waals surface area contributed by atoms with Gasteiger partial charge in [-0.15, -0.1) is 0 Å². The van der Waals surface area contributed by atoms with Crippen LogP contribution in [0.3, 0.4) is 0 Å². The van der Waals surface area contributed by atoms with Crippen molar-refractivity contribution in [1.29, 1.82) is 0 Å². The van der Waals surface area contributed by atoms with Crippen LogP contribution in [0.4, 0.5) is 0 Å². The van der Waals surface area contributed by atoms with Gasteiger partial charge in [0.2, 0.25) is 0 Å². The molecule has 1 unspecified atom stereocenters. The molecule has 0 heterocycles. The number of benzene rings is 1. The molecule has 0 saturated carbocycles. The van der Waals surface area contributed by atoms with Crippen LogP contribution in [0.25, 0.3) is 0 Å². The van der Waals surface area contributed by atoms with Crippen molar-refractivity contribution in [2.75, 3.05) is 20.2 Å². The third-order valence-electron chi connectivity index (χ3n) is 2.60. The van der Waals surface area contributed by atoms with Gasteiger partial charge in [-0.2, -0.15) is 0 Å². The van der Waals surface area contributed by atoms with Gasteiger partial charge in [0.25, 0.3) is 5.91 Å². The number of likely N-dealkylation sites (N-methyl/N-ethyl adjacent to an activating group) is 1. The van der Waals surface area contributed by atoms with E-state index in [2.05, 4.69) is 10.6 Å². The molecule has 2 N–H and O–H groups in total. The SMILES string of the molecule is CCNC(=O)COc1ccc(Cl)cc1C(C)NC. The van der Waals surface area contributed by atoms with E-state index in [1.807, 2.05) is 27.0 Å². The third kappa shape index (κ3) is 4.20. The van der Waals surface area contributed by atoms with Gasteiger partial charge in [-0.05, 0) is 39.1 Å². The summed E-state index contributed by atoms with van der Waals surface area (Å²) in [6.07, 6.45) is 0. The molecule has 0 radical (unpaired) electrons. The second-order valence-corrected chi connectivity index (χ2v) is 4.37. The van der Waals surface area contributed by atoms with Crippen LogP contribution < -0.4 is 15.4 Å². The first-order valence-electron chi connectivity index (χ1n) is 5.94. The van der Waals surface area contributed by atoms with Crippen molar-refractivity contribution < 1.29 is 9.53 Å². The maximum absolute atomic E-state index is 11.4. The smallest absolute Gasteiger partial charge is 0.257 e. The molecule has 5 heteroatoms. The zero-order valence-electron chi connectivity index (χ0n) is 10.9. The molecular formula is C13H19ClN2O2. The maximum atomic E-state index is 11.4. The highest BCUT2D eigenvalue weighted by atomic mass is 35.5. The molecule has 0 bridgehead atoms. The van der Waals surface area contributed by atoms with Crippen molar-refractivity contribution in [2.24, 2.45) is 0 Å². The highest BCUT2D eigenvalue weighted by molar-refractivity contribution is 6.30. The van der Waals surface area contributed by atoms with Gasteiger partial charge >= 0.3 is 0 Å². The summed E-state index contributed by atoms with van der Waals surface area (Å²) < 4.78 is 5.52. The molecule has 0 aliphatic rings. The molecule has 0 aliphatic carbocycles. The number of carbonyl (C=O) groups is 1. The summed E-state index contributed by atoms with van der Waals surface area (Å²) in [5.74, 6) is 0.544. The lowest BCUT2D eigenvalue weighted by Crippen LogP contribution is -2.28. The first kappa shape index (κ1) is 14.8. The summed E-state index contributed by atoms with van der Waals surface area (Å²) in [5.41, 5.74) is 0.939. The lowest BCUT2D eigenvalue weighted by molar-refractivity contribution is -0.123. The first-order chi connectivity index (χ1) is 8.58. The molecule has 1 aromatic carbocycles. The van der Waals surface area contributed by atoms with Crippen LogP contribution in [0.1, 0.15) is 25.5 Å². The van der Waals surface area contributed by atoms with E-state index in [0.29, 0.717) is 17.3 Å². The average Bonchev–Trinajstić information content (AvgIpc) is 2.36. The summed E-state index contributed by atoms with van der Waals surface area (Å²) in [6, 6.07) is 5.48. The number of amides is 1. The molecule has 18 heavy (non-hydrogen) atoms. The van der Waals surface area contributed by atoms with Gasteiger partial charge in [-0.1, -0.05) is 11.6 Å². The minimum Gasteiger partial charge on any atom is -0.483 e. The Morgan fingerprint density at radius 3 is 2.83 bits per heavy atom. The number of carbonyl (C=O) groups excluding carboxylic acids is 1. The summed E-state index contributed by atoms with van der Waals surface area (Å²) >= 11 is 5.97. The predicted molar refractivity (Wildman–Crippen MR) is 73.1 cm³/mol. The van der Waals surface area contributed by atoms with E-state index < -0.39 is 0 Å². The molecule has 0 saturated heterocycles. The van der Waals surface area contributed by atoms with E-state index in [9.17, 15) is 4.79 Å². The topological polar surface area (TPSA) is 50.4 Å². The lowest BCUT2D eigenvalue weighted by atomic mass is 10.1. The summed E-state index contributed by atoms with van der Waals surface area (Å²) in [7, 11) is 1.86. The molecule has 100 valence electrons. The average molecular weight is 271 g/mol. The molecular weight excluding hydrogens is 252 g/mol. The Labute approximate surface area is 113 Å². The van der Waals surface area contributed by atoms with Crippen molar-refractivity contribution >= 4 is 17.5 Å². The zero-order chi connectivity index (χ0) is 13.5. The fourth-order valence-electron chi connectivity index (χ4n) is 1.54. The van der Waals surface area contributed by atoms with E-state index in [1.165, 1.54) is 0 Å². The van der Waals surface area contributed by atoms with Gasteiger partial charge in [0.05, 0.1) is 0 Å². The Kier molecular flexibility index (Phi) is 5.95. The van der Waals surface area contributed by atoms with Gasteiger partial charge in [0.1, 0.15) is 5.75 Å². The number of rotatable bonds is 6. The second kappa shape index (κ2) is 7.24. The maximum Gasteiger partial charge on any atom is 0.257 e. The van der Waals surface area contributed by atoms with E-state index >= 15 is 0 Å². The number of halogens is 1. The van der Waals surface area contributed by atoms with Crippen molar-refractivity contribution in [1.82, 2.24) is 10.6 Å². The summed E-state index contributed by atoms with van der Waals surface area (Å²) in [5, 5.41) is 6.46. The zero-order valence-corrected chi connectivity index (χ0v) is 11.7. The van der Waals surface area contributed by atoms with Crippen molar-refractivity contribution in [3.63, 3.8) is 0 Å². The van der Waals surface area contributed by atoms with Crippen LogP contribution >= 0.6 is 11.6 Å². The van der Waals surface area contributed by atoms with E-state index in [0.717, 1.165) is 5.56 Å². The van der Waals surface area contributed by atoms with Gasteiger partial charge in [-0.25, -0.2) is 0 Å². The largest absolute Gasteiger partial charge is 0.483 e. The number of nitrogens with one attached hydrogen (secondary N) is 2. The van der Waals surface area contributed by atoms with Crippen LogP contribution in [0.15, 0.2) is 18.2 Å². The molecule has 1 aromatic rings. The Hall–Kier alpha value is -1.26. The molecule has 0 fully saturated rings. The van der Waals surface area contributed by atoms with Crippen molar-refractivity contribution in [3.8, 4) is 5.75 Å². The van der Waals surface area contributed by atoms with Crippen LogP contribution in [0.5, 0.6) is 5.75 Å². The summed E-state index contributed by atoms with van der Waals surface area (Å²) in [4.78, 5) is 11.4. The quantitative estimate of drug-likeness (QED) is 0.833. The first-order valence-corrected chi connectivity index (χ1v) is 6.32. The van der Waals surface area contributed by atoms with Crippen LogP contribution in [-0.2, 0) is 4.79 Å². The second-order valence-electron chi connectivity index (χ2n) is 3.93. The molecule has 1 atom stereocenters. The van der Waals surface area contributed by atoms with Crippen LogP contribution in [-0.4, -0.2) is 26.1 Å². The lowest BCUT2D eigenvalue weighted by Gasteiger charge is -2.16. The fourth-order valence-corrected chi connectivity index (χ4v) is 1.72. The Bertz CT molecular complexity index is 410.